The first kappa shape index (κ1) is 19.9. The van der Waals surface area contributed by atoms with Crippen LogP contribution in [0.2, 0.25) is 10.0 Å². The Hall–Kier alpha value is -1.87. The normalized spacial score (nSPS) is 10.7. The lowest BCUT2D eigenvalue weighted by atomic mass is 10.2. The number of carbonyl (C=O) groups is 1. The molecule has 0 fully saturated rings. The summed E-state index contributed by atoms with van der Waals surface area (Å²) in [6.45, 7) is 1.83. The zero-order chi connectivity index (χ0) is 19.4. The summed E-state index contributed by atoms with van der Waals surface area (Å²) < 4.78 is 14.2. The van der Waals surface area contributed by atoms with Gasteiger partial charge in [-0.2, -0.15) is 0 Å². The highest BCUT2D eigenvalue weighted by Gasteiger charge is 2.14. The molecule has 0 unspecified atom stereocenters. The van der Waals surface area contributed by atoms with Crippen molar-refractivity contribution in [3.8, 4) is 0 Å². The van der Waals surface area contributed by atoms with Gasteiger partial charge >= 0.3 is 0 Å². The van der Waals surface area contributed by atoms with Crippen LogP contribution in [0.15, 0.2) is 40.7 Å². The quantitative estimate of drug-likeness (QED) is 0.474. The Kier molecular flexibility index (Phi) is 6.54. The molecule has 1 heterocycles. The van der Waals surface area contributed by atoms with Crippen LogP contribution in [0.1, 0.15) is 5.56 Å². The van der Waals surface area contributed by atoms with Gasteiger partial charge < -0.3 is 10.6 Å². The zero-order valence-corrected chi connectivity index (χ0v) is 17.1. The number of aryl methyl sites for hydroxylation is 1. The SMILES string of the molecule is Cc1ccc(Cl)c(NC(=O)CSc2nnc(Nc3ccccc3F)s2)c1Cl. The second-order valence-corrected chi connectivity index (χ2v) is 8.35. The number of nitrogens with zero attached hydrogens (tertiary/aromatic N) is 2. The number of anilines is 3. The number of hydrogen-bond donors (Lipinski definition) is 2. The van der Waals surface area contributed by atoms with Gasteiger partial charge in [-0.05, 0) is 30.7 Å². The van der Waals surface area contributed by atoms with Crippen LogP contribution in [0.4, 0.5) is 20.9 Å². The topological polar surface area (TPSA) is 66.9 Å². The van der Waals surface area contributed by atoms with Crippen LogP contribution >= 0.6 is 46.3 Å². The predicted molar refractivity (Wildman–Crippen MR) is 110 cm³/mol. The monoisotopic (exact) mass is 442 g/mol. The number of amides is 1. The van der Waals surface area contributed by atoms with E-state index in [0.29, 0.717) is 30.9 Å². The van der Waals surface area contributed by atoms with Crippen LogP contribution in [-0.2, 0) is 4.79 Å². The lowest BCUT2D eigenvalue weighted by Crippen LogP contribution is -2.14. The maximum Gasteiger partial charge on any atom is 0.234 e. The molecule has 3 rings (SSSR count). The van der Waals surface area contributed by atoms with E-state index in [1.807, 2.05) is 6.92 Å². The summed E-state index contributed by atoms with van der Waals surface area (Å²) in [6, 6.07) is 9.73. The second-order valence-electron chi connectivity index (χ2n) is 5.37. The van der Waals surface area contributed by atoms with Crippen molar-refractivity contribution in [1.82, 2.24) is 10.2 Å². The van der Waals surface area contributed by atoms with E-state index in [1.54, 1.807) is 30.3 Å². The van der Waals surface area contributed by atoms with E-state index < -0.39 is 0 Å². The fraction of sp³-hybridized carbons (Fsp3) is 0.118. The Morgan fingerprint density at radius 3 is 2.78 bits per heavy atom. The van der Waals surface area contributed by atoms with Gasteiger partial charge in [0.05, 0.1) is 27.2 Å². The summed E-state index contributed by atoms with van der Waals surface area (Å²) in [6.07, 6.45) is 0. The summed E-state index contributed by atoms with van der Waals surface area (Å²) in [5.74, 6) is -0.545. The Balaban J connectivity index is 1.58. The molecule has 140 valence electrons. The van der Waals surface area contributed by atoms with E-state index in [9.17, 15) is 9.18 Å². The van der Waals surface area contributed by atoms with Crippen molar-refractivity contribution in [3.05, 3.63) is 57.8 Å². The van der Waals surface area contributed by atoms with Crippen LogP contribution in [0.3, 0.4) is 0 Å². The van der Waals surface area contributed by atoms with E-state index >= 15 is 0 Å². The summed E-state index contributed by atoms with van der Waals surface area (Å²) in [5, 5.41) is 14.7. The molecule has 0 spiro atoms. The molecule has 3 aromatic rings. The first-order valence-electron chi connectivity index (χ1n) is 7.66. The van der Waals surface area contributed by atoms with Crippen molar-refractivity contribution in [1.29, 1.82) is 0 Å². The Bertz CT molecular complexity index is 983. The van der Waals surface area contributed by atoms with E-state index in [2.05, 4.69) is 20.8 Å². The minimum Gasteiger partial charge on any atom is -0.328 e. The number of halogens is 3. The van der Waals surface area contributed by atoms with Crippen molar-refractivity contribution in [3.63, 3.8) is 0 Å². The van der Waals surface area contributed by atoms with Crippen LogP contribution in [0.5, 0.6) is 0 Å². The van der Waals surface area contributed by atoms with Crippen LogP contribution < -0.4 is 10.6 Å². The zero-order valence-electron chi connectivity index (χ0n) is 13.9. The van der Waals surface area contributed by atoms with Gasteiger partial charge in [-0.15, -0.1) is 10.2 Å². The minimum absolute atomic E-state index is 0.106. The average molecular weight is 443 g/mol. The van der Waals surface area contributed by atoms with Gasteiger partial charge in [-0.25, -0.2) is 4.39 Å². The van der Waals surface area contributed by atoms with Gasteiger partial charge in [0.25, 0.3) is 0 Å². The maximum atomic E-state index is 13.7. The Morgan fingerprint density at radius 1 is 1.22 bits per heavy atom. The largest absolute Gasteiger partial charge is 0.328 e. The Labute approximate surface area is 173 Å². The van der Waals surface area contributed by atoms with Gasteiger partial charge in [-0.3, -0.25) is 4.79 Å². The van der Waals surface area contributed by atoms with E-state index in [1.165, 1.54) is 29.2 Å². The van der Waals surface area contributed by atoms with Gasteiger partial charge in [0.15, 0.2) is 4.34 Å². The standard InChI is InChI=1S/C17H13Cl2FN4OS2/c1-9-6-7-10(18)15(14(9)19)22-13(25)8-26-17-24-23-16(27-17)21-12-5-3-2-4-11(12)20/h2-7H,8H2,1H3,(H,21,23)(H,22,25). The number of para-hydroxylation sites is 1. The molecule has 0 aliphatic heterocycles. The molecular formula is C17H13Cl2FN4OS2. The number of benzene rings is 2. The fourth-order valence-corrected chi connectivity index (χ4v) is 4.10. The number of hydrogen-bond acceptors (Lipinski definition) is 6. The summed E-state index contributed by atoms with van der Waals surface area (Å²) in [7, 11) is 0. The lowest BCUT2D eigenvalue weighted by molar-refractivity contribution is -0.113. The molecule has 0 radical (unpaired) electrons. The molecule has 27 heavy (non-hydrogen) atoms. The highest BCUT2D eigenvalue weighted by Crippen LogP contribution is 2.33. The number of thioether (sulfide) groups is 1. The average Bonchev–Trinajstić information content (AvgIpc) is 3.10. The first-order chi connectivity index (χ1) is 12.9. The molecule has 1 amide bonds. The second kappa shape index (κ2) is 8.88. The summed E-state index contributed by atoms with van der Waals surface area (Å²) >= 11 is 14.7. The predicted octanol–water partition coefficient (Wildman–Crippen LogP) is 5.77. The molecule has 0 saturated heterocycles. The van der Waals surface area contributed by atoms with Crippen molar-refractivity contribution < 1.29 is 9.18 Å². The molecule has 0 atom stereocenters. The number of nitrogens with one attached hydrogen (secondary N) is 2. The van der Waals surface area contributed by atoms with E-state index in [0.717, 1.165) is 5.56 Å². The Morgan fingerprint density at radius 2 is 2.00 bits per heavy atom. The number of aromatic nitrogens is 2. The molecule has 1 aromatic heterocycles. The van der Waals surface area contributed by atoms with Crippen molar-refractivity contribution in [2.75, 3.05) is 16.4 Å². The molecule has 5 nitrogen and oxygen atoms in total. The highest BCUT2D eigenvalue weighted by molar-refractivity contribution is 8.01. The van der Waals surface area contributed by atoms with Gasteiger partial charge in [-0.1, -0.05) is 64.5 Å². The third-order valence-corrected chi connectivity index (χ3v) is 6.17. The van der Waals surface area contributed by atoms with Crippen LogP contribution in [0, 0.1) is 12.7 Å². The van der Waals surface area contributed by atoms with Crippen molar-refractivity contribution >= 4 is 68.7 Å². The third-order valence-electron chi connectivity index (χ3n) is 3.40. The molecule has 0 saturated carbocycles. The fourth-order valence-electron chi connectivity index (χ4n) is 2.07. The van der Waals surface area contributed by atoms with Gasteiger partial charge in [0.2, 0.25) is 11.0 Å². The summed E-state index contributed by atoms with van der Waals surface area (Å²) in [4.78, 5) is 12.2. The smallest absolute Gasteiger partial charge is 0.234 e. The maximum absolute atomic E-state index is 13.7. The lowest BCUT2D eigenvalue weighted by Gasteiger charge is -2.10. The van der Waals surface area contributed by atoms with E-state index in [-0.39, 0.29) is 17.5 Å². The van der Waals surface area contributed by atoms with Gasteiger partial charge in [0, 0.05) is 0 Å². The molecular weight excluding hydrogens is 430 g/mol. The van der Waals surface area contributed by atoms with Crippen LogP contribution in [-0.4, -0.2) is 21.9 Å². The van der Waals surface area contributed by atoms with Crippen LogP contribution in [0.25, 0.3) is 0 Å². The number of rotatable bonds is 6. The highest BCUT2D eigenvalue weighted by atomic mass is 35.5. The van der Waals surface area contributed by atoms with Crippen molar-refractivity contribution in [2.24, 2.45) is 0 Å². The summed E-state index contributed by atoms with van der Waals surface area (Å²) in [5.41, 5.74) is 1.52. The molecule has 0 aliphatic carbocycles. The first-order valence-corrected chi connectivity index (χ1v) is 10.2. The molecule has 0 bridgehead atoms. The number of carbonyl (C=O) groups excluding carboxylic acids is 1. The third kappa shape index (κ3) is 5.10. The van der Waals surface area contributed by atoms with E-state index in [4.69, 9.17) is 23.2 Å². The minimum atomic E-state index is -0.381. The molecule has 0 aliphatic rings. The molecule has 10 heteroatoms. The molecule has 2 N–H and O–H groups in total. The van der Waals surface area contributed by atoms with Crippen molar-refractivity contribution in [2.45, 2.75) is 11.3 Å². The molecule has 2 aromatic carbocycles. The van der Waals surface area contributed by atoms with Gasteiger partial charge in [0.1, 0.15) is 5.82 Å².